The Balaban J connectivity index is 1.64. The second-order valence-corrected chi connectivity index (χ2v) is 6.23. The number of anilines is 2. The molecule has 0 spiro atoms. The van der Waals surface area contributed by atoms with Crippen LogP contribution in [0.5, 0.6) is 0 Å². The molecule has 1 aliphatic carbocycles. The van der Waals surface area contributed by atoms with E-state index in [1.165, 1.54) is 24.3 Å². The van der Waals surface area contributed by atoms with Crippen LogP contribution in [0.3, 0.4) is 0 Å². The molecule has 2 aromatic rings. The van der Waals surface area contributed by atoms with E-state index < -0.39 is 17.6 Å². The first-order valence-electron chi connectivity index (χ1n) is 8.22. The number of nitrogens with one attached hydrogen (secondary N) is 2. The Hall–Kier alpha value is -2.83. The zero-order valence-electron chi connectivity index (χ0n) is 13.8. The van der Waals surface area contributed by atoms with Crippen molar-refractivity contribution in [1.82, 2.24) is 0 Å². The Morgan fingerprint density at radius 1 is 0.923 bits per heavy atom. The molecule has 0 saturated heterocycles. The molecule has 7 heteroatoms. The lowest BCUT2D eigenvalue weighted by Gasteiger charge is -2.24. The SMILES string of the molecule is O=C(Nc1cccc(C(F)(F)F)c1)c1ccc(NC(=O)C2CCC2)cc1. The molecule has 0 aromatic heterocycles. The van der Waals surface area contributed by atoms with E-state index >= 15 is 0 Å². The molecule has 136 valence electrons. The molecular weight excluding hydrogens is 345 g/mol. The van der Waals surface area contributed by atoms with Gasteiger partial charge in [-0.15, -0.1) is 0 Å². The Bertz CT molecular complexity index is 812. The van der Waals surface area contributed by atoms with Crippen LogP contribution in [0, 0.1) is 5.92 Å². The van der Waals surface area contributed by atoms with Crippen LogP contribution in [0.4, 0.5) is 24.5 Å². The van der Waals surface area contributed by atoms with Crippen molar-refractivity contribution in [2.45, 2.75) is 25.4 Å². The van der Waals surface area contributed by atoms with Crippen molar-refractivity contribution in [3.63, 3.8) is 0 Å². The molecule has 0 radical (unpaired) electrons. The Morgan fingerprint density at radius 3 is 2.19 bits per heavy atom. The summed E-state index contributed by atoms with van der Waals surface area (Å²) in [7, 11) is 0. The third-order valence-electron chi connectivity index (χ3n) is 4.34. The Morgan fingerprint density at radius 2 is 1.62 bits per heavy atom. The Labute approximate surface area is 148 Å². The lowest BCUT2D eigenvalue weighted by atomic mass is 9.85. The molecule has 1 aliphatic rings. The zero-order valence-corrected chi connectivity index (χ0v) is 13.8. The maximum Gasteiger partial charge on any atom is 0.416 e. The van der Waals surface area contributed by atoms with Gasteiger partial charge in [-0.2, -0.15) is 13.2 Å². The summed E-state index contributed by atoms with van der Waals surface area (Å²) in [4.78, 5) is 24.1. The van der Waals surface area contributed by atoms with Crippen LogP contribution in [0.25, 0.3) is 0 Å². The third kappa shape index (κ3) is 4.22. The number of alkyl halides is 3. The summed E-state index contributed by atoms with van der Waals surface area (Å²) in [6, 6.07) is 10.7. The first-order chi connectivity index (χ1) is 12.3. The highest BCUT2D eigenvalue weighted by Gasteiger charge is 2.30. The van der Waals surface area contributed by atoms with E-state index in [0.29, 0.717) is 5.69 Å². The van der Waals surface area contributed by atoms with Crippen LogP contribution >= 0.6 is 0 Å². The molecule has 0 heterocycles. The molecule has 2 amide bonds. The first kappa shape index (κ1) is 18.0. The maximum absolute atomic E-state index is 12.7. The van der Waals surface area contributed by atoms with Crippen LogP contribution in [0.15, 0.2) is 48.5 Å². The highest BCUT2D eigenvalue weighted by atomic mass is 19.4. The number of carbonyl (C=O) groups excluding carboxylic acids is 2. The maximum atomic E-state index is 12.7. The summed E-state index contributed by atoms with van der Waals surface area (Å²) < 4.78 is 38.1. The number of benzene rings is 2. The second kappa shape index (κ2) is 7.19. The summed E-state index contributed by atoms with van der Waals surface area (Å²) in [5, 5.41) is 5.23. The van der Waals surface area contributed by atoms with Gasteiger partial charge in [0.1, 0.15) is 0 Å². The topological polar surface area (TPSA) is 58.2 Å². The van der Waals surface area contributed by atoms with Crippen molar-refractivity contribution in [3.8, 4) is 0 Å². The van der Waals surface area contributed by atoms with E-state index in [2.05, 4.69) is 10.6 Å². The van der Waals surface area contributed by atoms with E-state index in [1.54, 1.807) is 12.1 Å². The lowest BCUT2D eigenvalue weighted by Crippen LogP contribution is -2.28. The van der Waals surface area contributed by atoms with Crippen molar-refractivity contribution in [1.29, 1.82) is 0 Å². The molecule has 1 saturated carbocycles. The van der Waals surface area contributed by atoms with Crippen LogP contribution in [-0.4, -0.2) is 11.8 Å². The standard InChI is InChI=1S/C19H17F3N2O2/c20-19(21,22)14-5-2-6-16(11-14)24-18(26)13-7-9-15(10-8-13)23-17(25)12-3-1-4-12/h2,5-12H,1,3-4H2,(H,23,25)(H,24,26). The predicted octanol–water partition coefficient (Wildman–Crippen LogP) is 4.70. The van der Waals surface area contributed by atoms with Gasteiger partial charge in [-0.25, -0.2) is 0 Å². The van der Waals surface area contributed by atoms with E-state index in [9.17, 15) is 22.8 Å². The van der Waals surface area contributed by atoms with Crippen LogP contribution < -0.4 is 10.6 Å². The minimum Gasteiger partial charge on any atom is -0.326 e. The van der Waals surface area contributed by atoms with Gasteiger partial charge in [0.05, 0.1) is 5.56 Å². The van der Waals surface area contributed by atoms with Gasteiger partial charge in [-0.1, -0.05) is 12.5 Å². The molecule has 0 unspecified atom stereocenters. The number of halogens is 3. The molecule has 26 heavy (non-hydrogen) atoms. The van der Waals surface area contributed by atoms with Gasteiger partial charge in [0, 0.05) is 22.9 Å². The van der Waals surface area contributed by atoms with Crippen molar-refractivity contribution in [2.75, 3.05) is 10.6 Å². The molecule has 0 aliphatic heterocycles. The molecule has 1 fully saturated rings. The first-order valence-corrected chi connectivity index (χ1v) is 8.22. The number of carbonyl (C=O) groups is 2. The normalized spacial score (nSPS) is 14.4. The Kier molecular flexibility index (Phi) is 4.97. The highest BCUT2D eigenvalue weighted by Crippen LogP contribution is 2.31. The minimum absolute atomic E-state index is 0.0302. The number of hydrogen-bond donors (Lipinski definition) is 2. The van der Waals surface area contributed by atoms with Crippen LogP contribution in [0.2, 0.25) is 0 Å². The largest absolute Gasteiger partial charge is 0.416 e. The molecule has 3 rings (SSSR count). The molecule has 2 aromatic carbocycles. The van der Waals surface area contributed by atoms with Crippen molar-refractivity contribution in [2.24, 2.45) is 5.92 Å². The van der Waals surface area contributed by atoms with Crippen molar-refractivity contribution in [3.05, 3.63) is 59.7 Å². The zero-order chi connectivity index (χ0) is 18.7. The summed E-state index contributed by atoms with van der Waals surface area (Å²) in [5.41, 5.74) is 0.0955. The van der Waals surface area contributed by atoms with E-state index in [-0.39, 0.29) is 23.1 Å². The highest BCUT2D eigenvalue weighted by molar-refractivity contribution is 6.04. The summed E-state index contributed by atoms with van der Waals surface area (Å²) in [6.45, 7) is 0. The fourth-order valence-corrected chi connectivity index (χ4v) is 2.60. The van der Waals surface area contributed by atoms with Crippen molar-refractivity contribution < 1.29 is 22.8 Å². The molecular formula is C19H17F3N2O2. The van der Waals surface area contributed by atoms with E-state index in [0.717, 1.165) is 31.4 Å². The third-order valence-corrected chi connectivity index (χ3v) is 4.34. The predicted molar refractivity (Wildman–Crippen MR) is 91.8 cm³/mol. The smallest absolute Gasteiger partial charge is 0.326 e. The number of amides is 2. The van der Waals surface area contributed by atoms with Gasteiger partial charge in [-0.05, 0) is 55.3 Å². The van der Waals surface area contributed by atoms with Gasteiger partial charge in [0.2, 0.25) is 5.91 Å². The molecule has 4 nitrogen and oxygen atoms in total. The van der Waals surface area contributed by atoms with E-state index in [4.69, 9.17) is 0 Å². The molecule has 2 N–H and O–H groups in total. The number of hydrogen-bond acceptors (Lipinski definition) is 2. The van der Waals surface area contributed by atoms with Gasteiger partial charge < -0.3 is 10.6 Å². The molecule has 0 bridgehead atoms. The van der Waals surface area contributed by atoms with Crippen LogP contribution in [-0.2, 0) is 11.0 Å². The van der Waals surface area contributed by atoms with Gasteiger partial charge in [-0.3, -0.25) is 9.59 Å². The summed E-state index contributed by atoms with van der Waals surface area (Å²) in [5.74, 6) is -0.502. The quantitative estimate of drug-likeness (QED) is 0.829. The minimum atomic E-state index is -4.47. The monoisotopic (exact) mass is 362 g/mol. The second-order valence-electron chi connectivity index (χ2n) is 6.23. The number of rotatable bonds is 4. The van der Waals surface area contributed by atoms with Gasteiger partial charge in [0.15, 0.2) is 0 Å². The summed E-state index contributed by atoms with van der Waals surface area (Å²) in [6.07, 6.45) is -1.62. The van der Waals surface area contributed by atoms with Gasteiger partial charge in [0.25, 0.3) is 5.91 Å². The van der Waals surface area contributed by atoms with E-state index in [1.807, 2.05) is 0 Å². The van der Waals surface area contributed by atoms with Gasteiger partial charge >= 0.3 is 6.18 Å². The fourth-order valence-electron chi connectivity index (χ4n) is 2.60. The summed E-state index contributed by atoms with van der Waals surface area (Å²) >= 11 is 0. The van der Waals surface area contributed by atoms with Crippen LogP contribution in [0.1, 0.15) is 35.2 Å². The molecule has 0 atom stereocenters. The average Bonchev–Trinajstić information content (AvgIpc) is 2.53. The fraction of sp³-hybridized carbons (Fsp3) is 0.263. The van der Waals surface area contributed by atoms with Crippen molar-refractivity contribution >= 4 is 23.2 Å². The lowest BCUT2D eigenvalue weighted by molar-refractivity contribution is -0.137. The average molecular weight is 362 g/mol.